The zero-order chi connectivity index (χ0) is 14.8. The number of aryl methyl sites for hydroxylation is 1. The molecule has 6 heteroatoms. The van der Waals surface area contributed by atoms with Crippen LogP contribution in [0, 0.1) is 6.92 Å². The fraction of sp³-hybridized carbons (Fsp3) is 0.133. The highest BCUT2D eigenvalue weighted by atomic mass is 79.9. The van der Waals surface area contributed by atoms with Crippen LogP contribution in [0.15, 0.2) is 41.0 Å². The zero-order valence-electron chi connectivity index (χ0n) is 11.4. The van der Waals surface area contributed by atoms with Crippen LogP contribution < -0.4 is 5.32 Å². The number of aromatic amines is 1. The van der Waals surface area contributed by atoms with Crippen molar-refractivity contribution in [1.29, 1.82) is 0 Å². The van der Waals surface area contributed by atoms with Crippen LogP contribution in [0.5, 0.6) is 0 Å². The summed E-state index contributed by atoms with van der Waals surface area (Å²) in [5.74, 6) is 0.552. The van der Waals surface area contributed by atoms with Crippen molar-refractivity contribution in [3.63, 3.8) is 0 Å². The predicted molar refractivity (Wildman–Crippen MR) is 83.9 cm³/mol. The number of halogens is 1. The van der Waals surface area contributed by atoms with Gasteiger partial charge in [-0.2, -0.15) is 0 Å². The maximum atomic E-state index is 12.1. The first-order valence-corrected chi connectivity index (χ1v) is 7.26. The largest absolute Gasteiger partial charge is 0.345 e. The maximum Gasteiger partial charge on any atom is 0.251 e. The van der Waals surface area contributed by atoms with Gasteiger partial charge in [-0.25, -0.2) is 9.97 Å². The van der Waals surface area contributed by atoms with Crippen molar-refractivity contribution in [2.24, 2.45) is 0 Å². The first-order valence-electron chi connectivity index (χ1n) is 6.47. The molecule has 2 N–H and O–H groups in total. The van der Waals surface area contributed by atoms with Gasteiger partial charge < -0.3 is 10.3 Å². The summed E-state index contributed by atoms with van der Waals surface area (Å²) in [5.41, 5.74) is 3.17. The van der Waals surface area contributed by atoms with E-state index in [1.54, 1.807) is 12.3 Å². The molecule has 0 bridgehead atoms. The van der Waals surface area contributed by atoms with E-state index in [0.717, 1.165) is 15.6 Å². The molecule has 0 saturated carbocycles. The fourth-order valence-electron chi connectivity index (χ4n) is 2.11. The van der Waals surface area contributed by atoms with Crippen LogP contribution >= 0.6 is 15.9 Å². The highest BCUT2D eigenvalue weighted by molar-refractivity contribution is 9.10. The minimum Gasteiger partial charge on any atom is -0.345 e. The molecule has 3 rings (SSSR count). The van der Waals surface area contributed by atoms with Gasteiger partial charge in [-0.1, -0.05) is 15.9 Å². The molecule has 2 aromatic heterocycles. The second-order valence-corrected chi connectivity index (χ2v) is 5.67. The summed E-state index contributed by atoms with van der Waals surface area (Å²) >= 11 is 3.39. The third-order valence-corrected chi connectivity index (χ3v) is 3.49. The number of carbonyl (C=O) groups excluding carboxylic acids is 1. The third kappa shape index (κ3) is 3.11. The fourth-order valence-corrected chi connectivity index (χ4v) is 2.72. The molecule has 0 saturated heterocycles. The van der Waals surface area contributed by atoms with Crippen molar-refractivity contribution >= 4 is 33.0 Å². The standard InChI is InChI=1S/C15H13BrN4O/c1-9-5-10(7-11(16)6-9)15(21)18-8-13-19-12-3-2-4-17-14(12)20-13/h2-7H,8H2,1H3,(H,18,21)(H,17,19,20). The first-order chi connectivity index (χ1) is 10.1. The van der Waals surface area contributed by atoms with Gasteiger partial charge >= 0.3 is 0 Å². The molecule has 21 heavy (non-hydrogen) atoms. The molecule has 0 atom stereocenters. The van der Waals surface area contributed by atoms with E-state index in [0.29, 0.717) is 23.6 Å². The Balaban J connectivity index is 1.73. The number of aromatic nitrogens is 3. The average molecular weight is 345 g/mol. The molecule has 0 aliphatic rings. The first kappa shape index (κ1) is 13.8. The van der Waals surface area contributed by atoms with Crippen molar-refractivity contribution in [3.05, 3.63) is 58.0 Å². The van der Waals surface area contributed by atoms with Gasteiger partial charge in [0.2, 0.25) is 0 Å². The van der Waals surface area contributed by atoms with Gasteiger partial charge in [0.15, 0.2) is 5.65 Å². The van der Waals surface area contributed by atoms with E-state index in [2.05, 4.69) is 36.2 Å². The predicted octanol–water partition coefficient (Wildman–Crippen LogP) is 2.96. The van der Waals surface area contributed by atoms with Gasteiger partial charge in [0.1, 0.15) is 5.82 Å². The SMILES string of the molecule is Cc1cc(Br)cc(C(=O)NCc2nc3ncccc3[nH]2)c1. The van der Waals surface area contributed by atoms with E-state index in [9.17, 15) is 4.79 Å². The molecule has 0 fully saturated rings. The molecule has 1 amide bonds. The van der Waals surface area contributed by atoms with Crippen molar-refractivity contribution in [2.45, 2.75) is 13.5 Å². The number of amides is 1. The van der Waals surface area contributed by atoms with Gasteiger partial charge in [0.05, 0.1) is 12.1 Å². The lowest BCUT2D eigenvalue weighted by Gasteiger charge is -2.05. The van der Waals surface area contributed by atoms with Crippen molar-refractivity contribution in [2.75, 3.05) is 0 Å². The Hall–Kier alpha value is -2.21. The monoisotopic (exact) mass is 344 g/mol. The van der Waals surface area contributed by atoms with E-state index >= 15 is 0 Å². The molecule has 106 valence electrons. The molecule has 2 heterocycles. The molecular formula is C15H13BrN4O. The van der Waals surface area contributed by atoms with Crippen LogP contribution in [-0.2, 0) is 6.54 Å². The van der Waals surface area contributed by atoms with E-state index in [-0.39, 0.29) is 5.91 Å². The second kappa shape index (κ2) is 5.65. The number of H-pyrrole nitrogens is 1. The summed E-state index contributed by atoms with van der Waals surface area (Å²) in [6.07, 6.45) is 1.69. The summed E-state index contributed by atoms with van der Waals surface area (Å²) < 4.78 is 0.889. The lowest BCUT2D eigenvalue weighted by molar-refractivity contribution is 0.0950. The summed E-state index contributed by atoms with van der Waals surface area (Å²) in [7, 11) is 0. The van der Waals surface area contributed by atoms with Gasteiger partial charge in [0.25, 0.3) is 5.91 Å². The molecule has 0 aliphatic heterocycles. The Bertz CT molecular complexity index is 759. The number of nitrogens with one attached hydrogen (secondary N) is 2. The molecule has 5 nitrogen and oxygen atoms in total. The van der Waals surface area contributed by atoms with Gasteiger partial charge in [-0.3, -0.25) is 4.79 Å². The number of hydrogen-bond acceptors (Lipinski definition) is 3. The number of benzene rings is 1. The van der Waals surface area contributed by atoms with Gasteiger partial charge in [0, 0.05) is 16.2 Å². The number of imidazole rings is 1. The van der Waals surface area contributed by atoms with E-state index in [1.165, 1.54) is 0 Å². The average Bonchev–Trinajstić information content (AvgIpc) is 2.86. The molecule has 0 radical (unpaired) electrons. The number of hydrogen-bond donors (Lipinski definition) is 2. The van der Waals surface area contributed by atoms with E-state index < -0.39 is 0 Å². The number of rotatable bonds is 3. The maximum absolute atomic E-state index is 12.1. The Labute approximate surface area is 129 Å². The summed E-state index contributed by atoms with van der Waals surface area (Å²) in [5, 5.41) is 2.85. The Morgan fingerprint density at radius 2 is 2.24 bits per heavy atom. The van der Waals surface area contributed by atoms with E-state index in [1.807, 2.05) is 31.2 Å². The number of carbonyl (C=O) groups is 1. The summed E-state index contributed by atoms with van der Waals surface area (Å²) in [4.78, 5) is 23.7. The van der Waals surface area contributed by atoms with Crippen LogP contribution in [0.1, 0.15) is 21.7 Å². The quantitative estimate of drug-likeness (QED) is 0.767. The Kier molecular flexibility index (Phi) is 3.70. The zero-order valence-corrected chi connectivity index (χ0v) is 12.9. The normalized spacial score (nSPS) is 10.8. The highest BCUT2D eigenvalue weighted by Gasteiger charge is 2.09. The van der Waals surface area contributed by atoms with Crippen LogP contribution in [0.25, 0.3) is 11.2 Å². The summed E-state index contributed by atoms with van der Waals surface area (Å²) in [6.45, 7) is 2.28. The van der Waals surface area contributed by atoms with Crippen LogP contribution in [0.4, 0.5) is 0 Å². The van der Waals surface area contributed by atoms with Crippen LogP contribution in [0.3, 0.4) is 0 Å². The van der Waals surface area contributed by atoms with Crippen molar-refractivity contribution in [1.82, 2.24) is 20.3 Å². The van der Waals surface area contributed by atoms with Crippen molar-refractivity contribution < 1.29 is 4.79 Å². The molecule has 0 unspecified atom stereocenters. The molecule has 0 aliphatic carbocycles. The minimum atomic E-state index is -0.132. The molecule has 3 aromatic rings. The number of pyridine rings is 1. The van der Waals surface area contributed by atoms with Crippen molar-refractivity contribution in [3.8, 4) is 0 Å². The lowest BCUT2D eigenvalue weighted by Crippen LogP contribution is -2.23. The van der Waals surface area contributed by atoms with Crippen LogP contribution in [-0.4, -0.2) is 20.9 Å². The van der Waals surface area contributed by atoms with Gasteiger partial charge in [-0.05, 0) is 42.8 Å². The lowest BCUT2D eigenvalue weighted by atomic mass is 10.1. The van der Waals surface area contributed by atoms with E-state index in [4.69, 9.17) is 0 Å². The molecule has 1 aromatic carbocycles. The Morgan fingerprint density at radius 3 is 3.00 bits per heavy atom. The number of fused-ring (bicyclic) bond motifs is 1. The number of nitrogens with zero attached hydrogens (tertiary/aromatic N) is 2. The summed E-state index contributed by atoms with van der Waals surface area (Å²) in [6, 6.07) is 9.34. The van der Waals surface area contributed by atoms with Gasteiger partial charge in [-0.15, -0.1) is 0 Å². The molecular weight excluding hydrogens is 332 g/mol. The Morgan fingerprint density at radius 1 is 1.38 bits per heavy atom. The smallest absolute Gasteiger partial charge is 0.251 e. The molecule has 0 spiro atoms. The third-order valence-electron chi connectivity index (χ3n) is 3.03. The topological polar surface area (TPSA) is 70.7 Å². The highest BCUT2D eigenvalue weighted by Crippen LogP contribution is 2.15. The minimum absolute atomic E-state index is 0.132. The van der Waals surface area contributed by atoms with Crippen LogP contribution in [0.2, 0.25) is 0 Å². The second-order valence-electron chi connectivity index (χ2n) is 4.76.